The SMILES string of the molecule is CNC(=O)[C@@H]1Cc2ccccc2CN1S(=O)(=O)Cc1ccccc1. The van der Waals surface area contributed by atoms with Gasteiger partial charge in [-0.05, 0) is 23.1 Å². The molecule has 0 saturated heterocycles. The number of rotatable bonds is 4. The lowest BCUT2D eigenvalue weighted by molar-refractivity contribution is -0.124. The summed E-state index contributed by atoms with van der Waals surface area (Å²) in [4.78, 5) is 12.3. The summed E-state index contributed by atoms with van der Waals surface area (Å²) in [7, 11) is -2.08. The summed E-state index contributed by atoms with van der Waals surface area (Å²) >= 11 is 0. The first-order chi connectivity index (χ1) is 11.5. The summed E-state index contributed by atoms with van der Waals surface area (Å²) < 4.78 is 27.2. The third-order valence-electron chi connectivity index (χ3n) is 4.30. The van der Waals surface area contributed by atoms with E-state index in [2.05, 4.69) is 5.32 Å². The second-order valence-corrected chi connectivity index (χ2v) is 7.81. The van der Waals surface area contributed by atoms with E-state index in [0.29, 0.717) is 12.0 Å². The zero-order valence-corrected chi connectivity index (χ0v) is 14.3. The number of hydrogen-bond acceptors (Lipinski definition) is 3. The molecule has 3 rings (SSSR count). The molecule has 5 nitrogen and oxygen atoms in total. The number of amides is 1. The number of nitrogens with one attached hydrogen (secondary N) is 1. The Morgan fingerprint density at radius 3 is 2.38 bits per heavy atom. The van der Waals surface area contributed by atoms with Crippen molar-refractivity contribution in [3.05, 3.63) is 71.3 Å². The van der Waals surface area contributed by atoms with Gasteiger partial charge in [0.15, 0.2) is 0 Å². The molecule has 126 valence electrons. The van der Waals surface area contributed by atoms with Gasteiger partial charge in [0.25, 0.3) is 0 Å². The Kier molecular flexibility index (Phi) is 4.69. The van der Waals surface area contributed by atoms with E-state index in [1.165, 1.54) is 11.4 Å². The van der Waals surface area contributed by atoms with Crippen molar-refractivity contribution in [2.24, 2.45) is 0 Å². The predicted molar refractivity (Wildman–Crippen MR) is 92.6 cm³/mol. The molecule has 0 fully saturated rings. The van der Waals surface area contributed by atoms with Crippen LogP contribution in [0.2, 0.25) is 0 Å². The highest BCUT2D eigenvalue weighted by Crippen LogP contribution is 2.27. The molecule has 6 heteroatoms. The summed E-state index contributed by atoms with van der Waals surface area (Å²) in [5.74, 6) is -0.384. The fourth-order valence-corrected chi connectivity index (χ4v) is 4.72. The van der Waals surface area contributed by atoms with Crippen molar-refractivity contribution < 1.29 is 13.2 Å². The van der Waals surface area contributed by atoms with Gasteiger partial charge in [-0.15, -0.1) is 0 Å². The normalized spacial score (nSPS) is 18.0. The van der Waals surface area contributed by atoms with E-state index in [1.54, 1.807) is 12.1 Å². The smallest absolute Gasteiger partial charge is 0.238 e. The van der Waals surface area contributed by atoms with Crippen molar-refractivity contribution in [3.8, 4) is 0 Å². The van der Waals surface area contributed by atoms with Crippen molar-refractivity contribution in [2.75, 3.05) is 7.05 Å². The lowest BCUT2D eigenvalue weighted by atomic mass is 9.95. The molecule has 1 heterocycles. The quantitative estimate of drug-likeness (QED) is 0.918. The van der Waals surface area contributed by atoms with Crippen molar-refractivity contribution in [1.29, 1.82) is 0 Å². The third-order valence-corrected chi connectivity index (χ3v) is 6.10. The zero-order valence-electron chi connectivity index (χ0n) is 13.5. The van der Waals surface area contributed by atoms with Gasteiger partial charge in [0.2, 0.25) is 15.9 Å². The molecule has 1 atom stereocenters. The predicted octanol–water partition coefficient (Wildman–Crippen LogP) is 1.69. The average Bonchev–Trinajstić information content (AvgIpc) is 2.60. The Bertz CT molecular complexity index is 834. The van der Waals surface area contributed by atoms with Crippen molar-refractivity contribution in [1.82, 2.24) is 9.62 Å². The molecule has 0 unspecified atom stereocenters. The standard InChI is InChI=1S/C18H20N2O3S/c1-19-18(21)17-11-15-9-5-6-10-16(15)12-20(17)24(22,23)13-14-7-3-2-4-8-14/h2-10,17H,11-13H2,1H3,(H,19,21)/t17-/m0/s1. The summed E-state index contributed by atoms with van der Waals surface area (Å²) in [6.07, 6.45) is 0.393. The molecule has 0 radical (unpaired) electrons. The first-order valence-electron chi connectivity index (χ1n) is 7.83. The first-order valence-corrected chi connectivity index (χ1v) is 9.44. The monoisotopic (exact) mass is 344 g/mol. The Morgan fingerprint density at radius 1 is 1.08 bits per heavy atom. The maximum atomic E-state index is 12.9. The molecule has 0 aromatic heterocycles. The summed E-state index contributed by atoms with van der Waals surface area (Å²) in [5.41, 5.74) is 2.69. The van der Waals surface area contributed by atoms with Gasteiger partial charge in [-0.2, -0.15) is 4.31 Å². The van der Waals surface area contributed by atoms with Crippen molar-refractivity contribution in [2.45, 2.75) is 24.8 Å². The fourth-order valence-electron chi connectivity index (χ4n) is 3.05. The Balaban J connectivity index is 1.95. The van der Waals surface area contributed by atoms with Crippen LogP contribution < -0.4 is 5.32 Å². The Labute approximate surface area is 142 Å². The number of carbonyl (C=O) groups is 1. The van der Waals surface area contributed by atoms with Gasteiger partial charge in [0.1, 0.15) is 6.04 Å². The minimum atomic E-state index is -3.61. The molecular weight excluding hydrogens is 324 g/mol. The molecule has 0 bridgehead atoms. The summed E-state index contributed by atoms with van der Waals surface area (Å²) in [6, 6.07) is 16.0. The number of benzene rings is 2. The maximum Gasteiger partial charge on any atom is 0.238 e. The Hall–Kier alpha value is -2.18. The number of carbonyl (C=O) groups excluding carboxylic acids is 1. The van der Waals surface area contributed by atoms with Crippen molar-refractivity contribution >= 4 is 15.9 Å². The minimum Gasteiger partial charge on any atom is -0.358 e. The van der Waals surface area contributed by atoms with Gasteiger partial charge >= 0.3 is 0 Å². The van der Waals surface area contributed by atoms with Crippen LogP contribution in [-0.4, -0.2) is 31.7 Å². The van der Waals surface area contributed by atoms with Crippen LogP contribution >= 0.6 is 0 Å². The van der Waals surface area contributed by atoms with Crippen LogP contribution in [0.15, 0.2) is 54.6 Å². The molecule has 0 aliphatic carbocycles. The molecule has 0 saturated carbocycles. The molecule has 1 aliphatic rings. The highest BCUT2D eigenvalue weighted by atomic mass is 32.2. The van der Waals surface area contributed by atoms with Crippen LogP contribution in [0, 0.1) is 0 Å². The second kappa shape index (κ2) is 6.75. The third kappa shape index (κ3) is 3.34. The highest BCUT2D eigenvalue weighted by molar-refractivity contribution is 7.88. The van der Waals surface area contributed by atoms with Crippen LogP contribution in [-0.2, 0) is 33.5 Å². The van der Waals surface area contributed by atoms with E-state index in [-0.39, 0.29) is 18.2 Å². The van der Waals surface area contributed by atoms with Crippen LogP contribution in [0.1, 0.15) is 16.7 Å². The minimum absolute atomic E-state index is 0.108. The molecule has 1 aliphatic heterocycles. The lowest BCUT2D eigenvalue weighted by Gasteiger charge is -2.34. The molecule has 24 heavy (non-hydrogen) atoms. The summed E-state index contributed by atoms with van der Waals surface area (Å²) in [5, 5.41) is 2.59. The number of nitrogens with zero attached hydrogens (tertiary/aromatic N) is 1. The second-order valence-electron chi connectivity index (χ2n) is 5.89. The average molecular weight is 344 g/mol. The molecule has 2 aromatic rings. The van der Waals surface area contributed by atoms with Gasteiger partial charge in [0.05, 0.1) is 5.75 Å². The topological polar surface area (TPSA) is 66.5 Å². The molecule has 1 N–H and O–H groups in total. The molecular formula is C18H20N2O3S. The number of hydrogen-bond donors (Lipinski definition) is 1. The van der Waals surface area contributed by atoms with Crippen LogP contribution in [0.4, 0.5) is 0 Å². The largest absolute Gasteiger partial charge is 0.358 e. The van der Waals surface area contributed by atoms with Gasteiger partial charge < -0.3 is 5.32 Å². The van der Waals surface area contributed by atoms with Gasteiger partial charge in [-0.25, -0.2) is 8.42 Å². The van der Waals surface area contributed by atoms with Crippen LogP contribution in [0.5, 0.6) is 0 Å². The highest BCUT2D eigenvalue weighted by Gasteiger charge is 2.38. The molecule has 0 spiro atoms. The molecule has 1 amide bonds. The van der Waals surface area contributed by atoms with Crippen LogP contribution in [0.3, 0.4) is 0 Å². The first kappa shape index (κ1) is 16.7. The zero-order chi connectivity index (χ0) is 17.2. The maximum absolute atomic E-state index is 12.9. The van der Waals surface area contributed by atoms with Crippen molar-refractivity contribution in [3.63, 3.8) is 0 Å². The van der Waals surface area contributed by atoms with E-state index in [1.807, 2.05) is 42.5 Å². The van der Waals surface area contributed by atoms with E-state index in [4.69, 9.17) is 0 Å². The fraction of sp³-hybridized carbons (Fsp3) is 0.278. The Morgan fingerprint density at radius 2 is 1.71 bits per heavy atom. The van der Waals surface area contributed by atoms with Gasteiger partial charge in [-0.1, -0.05) is 54.6 Å². The van der Waals surface area contributed by atoms with Crippen LogP contribution in [0.25, 0.3) is 0 Å². The van der Waals surface area contributed by atoms with E-state index >= 15 is 0 Å². The lowest BCUT2D eigenvalue weighted by Crippen LogP contribution is -2.52. The van der Waals surface area contributed by atoms with E-state index < -0.39 is 16.1 Å². The number of fused-ring (bicyclic) bond motifs is 1. The number of sulfonamides is 1. The number of likely N-dealkylation sites (N-methyl/N-ethyl adjacent to an activating group) is 1. The van der Waals surface area contributed by atoms with Gasteiger partial charge in [0, 0.05) is 13.6 Å². The van der Waals surface area contributed by atoms with E-state index in [9.17, 15) is 13.2 Å². The summed E-state index contributed by atoms with van der Waals surface area (Å²) in [6.45, 7) is 0.226. The van der Waals surface area contributed by atoms with Gasteiger partial charge in [-0.3, -0.25) is 4.79 Å². The van der Waals surface area contributed by atoms with E-state index in [0.717, 1.165) is 11.1 Å². The molecule has 2 aromatic carbocycles.